The molecule has 98 valence electrons. The number of thiophene rings is 1. The van der Waals surface area contributed by atoms with E-state index in [9.17, 15) is 10.1 Å². The van der Waals surface area contributed by atoms with Crippen LogP contribution in [0.1, 0.15) is 10.4 Å². The molecule has 1 aromatic carbocycles. The van der Waals surface area contributed by atoms with Gasteiger partial charge in [-0.1, -0.05) is 15.9 Å². The van der Waals surface area contributed by atoms with Gasteiger partial charge >= 0.3 is 0 Å². The second-order valence-corrected chi connectivity index (χ2v) is 6.35. The van der Waals surface area contributed by atoms with Crippen molar-refractivity contribution >= 4 is 38.6 Å². The van der Waals surface area contributed by atoms with Crippen LogP contribution in [0.5, 0.6) is 0 Å². The Bertz CT molecular complexity index is 641. The van der Waals surface area contributed by atoms with Crippen LogP contribution in [0.3, 0.4) is 0 Å². The summed E-state index contributed by atoms with van der Waals surface area (Å²) in [5.41, 5.74) is 2.14. The van der Waals surface area contributed by atoms with E-state index in [2.05, 4.69) is 32.3 Å². The molecule has 0 bridgehead atoms. The molecular weight excluding hydrogens is 328 g/mol. The van der Waals surface area contributed by atoms with E-state index < -0.39 is 0 Å². The highest BCUT2D eigenvalue weighted by atomic mass is 79.9. The van der Waals surface area contributed by atoms with Crippen molar-refractivity contribution in [3.63, 3.8) is 0 Å². The van der Waals surface area contributed by atoms with Gasteiger partial charge in [0, 0.05) is 28.5 Å². The Morgan fingerprint density at radius 1 is 1.37 bits per heavy atom. The van der Waals surface area contributed by atoms with E-state index in [0.29, 0.717) is 5.69 Å². The lowest BCUT2D eigenvalue weighted by Gasteiger charge is -2.28. The molecule has 1 aliphatic rings. The van der Waals surface area contributed by atoms with Gasteiger partial charge < -0.3 is 4.90 Å². The standard InChI is InChI=1S/C13H11BrN2O2S/c14-10-1-2-11(12(7-10)16(17)18)15-5-3-13-9(8-15)4-6-19-13/h1-2,4,6-7H,3,5,8H2. The maximum absolute atomic E-state index is 11.2. The third-order valence-corrected chi connectivity index (χ3v) is 4.80. The summed E-state index contributed by atoms with van der Waals surface area (Å²) in [5.74, 6) is 0. The molecule has 19 heavy (non-hydrogen) atoms. The maximum Gasteiger partial charge on any atom is 0.293 e. The van der Waals surface area contributed by atoms with Gasteiger partial charge in [0.25, 0.3) is 5.69 Å². The van der Waals surface area contributed by atoms with Crippen LogP contribution in [0.2, 0.25) is 0 Å². The second kappa shape index (κ2) is 4.94. The van der Waals surface area contributed by atoms with E-state index in [1.165, 1.54) is 10.4 Å². The molecular formula is C13H11BrN2O2S. The van der Waals surface area contributed by atoms with Crippen LogP contribution < -0.4 is 4.90 Å². The van der Waals surface area contributed by atoms with Gasteiger partial charge in [0.15, 0.2) is 0 Å². The Hall–Kier alpha value is -1.40. The molecule has 2 heterocycles. The van der Waals surface area contributed by atoms with E-state index in [1.807, 2.05) is 12.1 Å². The van der Waals surface area contributed by atoms with Crippen molar-refractivity contribution in [1.29, 1.82) is 0 Å². The molecule has 0 spiro atoms. The smallest absolute Gasteiger partial charge is 0.293 e. The number of anilines is 1. The zero-order valence-electron chi connectivity index (χ0n) is 10.0. The minimum absolute atomic E-state index is 0.160. The zero-order valence-corrected chi connectivity index (χ0v) is 12.4. The topological polar surface area (TPSA) is 46.4 Å². The van der Waals surface area contributed by atoms with E-state index in [1.54, 1.807) is 17.4 Å². The molecule has 0 aliphatic carbocycles. The number of nitro groups is 1. The van der Waals surface area contributed by atoms with Crippen molar-refractivity contribution in [3.8, 4) is 0 Å². The van der Waals surface area contributed by atoms with Gasteiger partial charge in [-0.3, -0.25) is 10.1 Å². The summed E-state index contributed by atoms with van der Waals surface area (Å²) in [7, 11) is 0. The van der Waals surface area contributed by atoms with Crippen LogP contribution in [0.25, 0.3) is 0 Å². The Morgan fingerprint density at radius 2 is 2.21 bits per heavy atom. The Morgan fingerprint density at radius 3 is 3.00 bits per heavy atom. The van der Waals surface area contributed by atoms with Gasteiger partial charge in [-0.05, 0) is 35.6 Å². The SMILES string of the molecule is O=[N+]([O-])c1cc(Br)ccc1N1CCc2sccc2C1. The molecule has 0 atom stereocenters. The van der Waals surface area contributed by atoms with Gasteiger partial charge in [0.1, 0.15) is 5.69 Å². The number of nitro benzene ring substituents is 1. The fourth-order valence-corrected chi connectivity index (χ4v) is 3.60. The highest BCUT2D eigenvalue weighted by molar-refractivity contribution is 9.10. The molecule has 0 radical (unpaired) electrons. The molecule has 4 nitrogen and oxygen atoms in total. The van der Waals surface area contributed by atoms with Crippen LogP contribution in [0.15, 0.2) is 34.1 Å². The lowest BCUT2D eigenvalue weighted by Crippen LogP contribution is -2.29. The van der Waals surface area contributed by atoms with Crippen LogP contribution in [0, 0.1) is 10.1 Å². The van der Waals surface area contributed by atoms with Crippen LogP contribution in [-0.4, -0.2) is 11.5 Å². The molecule has 2 aromatic rings. The van der Waals surface area contributed by atoms with Crippen molar-refractivity contribution in [1.82, 2.24) is 0 Å². The van der Waals surface area contributed by atoms with Crippen molar-refractivity contribution in [2.24, 2.45) is 0 Å². The lowest BCUT2D eigenvalue weighted by molar-refractivity contribution is -0.384. The van der Waals surface area contributed by atoms with Gasteiger partial charge in [-0.25, -0.2) is 0 Å². The molecule has 0 saturated heterocycles. The van der Waals surface area contributed by atoms with Crippen LogP contribution >= 0.6 is 27.3 Å². The predicted molar refractivity (Wildman–Crippen MR) is 79.9 cm³/mol. The molecule has 1 aromatic heterocycles. The molecule has 0 N–H and O–H groups in total. The summed E-state index contributed by atoms with van der Waals surface area (Å²) in [4.78, 5) is 14.3. The Balaban J connectivity index is 1.98. The minimum Gasteiger partial charge on any atom is -0.361 e. The number of benzene rings is 1. The fourth-order valence-electron chi connectivity index (χ4n) is 2.36. The van der Waals surface area contributed by atoms with Gasteiger partial charge in [0.2, 0.25) is 0 Å². The Labute approximate surface area is 122 Å². The number of nitrogens with zero attached hydrogens (tertiary/aromatic N) is 2. The lowest BCUT2D eigenvalue weighted by atomic mass is 10.1. The first kappa shape index (κ1) is 12.6. The monoisotopic (exact) mass is 338 g/mol. The Kier molecular flexibility index (Phi) is 3.28. The number of halogens is 1. The first-order valence-electron chi connectivity index (χ1n) is 5.89. The number of rotatable bonds is 2. The first-order valence-corrected chi connectivity index (χ1v) is 7.56. The molecule has 0 fully saturated rings. The third kappa shape index (κ3) is 2.37. The van der Waals surface area contributed by atoms with Crippen molar-refractivity contribution in [2.75, 3.05) is 11.4 Å². The zero-order chi connectivity index (χ0) is 13.4. The summed E-state index contributed by atoms with van der Waals surface area (Å²) in [6.07, 6.45) is 0.959. The summed E-state index contributed by atoms with van der Waals surface area (Å²) < 4.78 is 0.733. The highest BCUT2D eigenvalue weighted by Crippen LogP contribution is 2.35. The normalized spacial score (nSPS) is 14.3. The number of hydrogen-bond acceptors (Lipinski definition) is 4. The van der Waals surface area contributed by atoms with Gasteiger partial charge in [0.05, 0.1) is 4.92 Å². The minimum atomic E-state index is -0.316. The number of fused-ring (bicyclic) bond motifs is 1. The van der Waals surface area contributed by atoms with Gasteiger partial charge in [-0.2, -0.15) is 0 Å². The average molecular weight is 339 g/mol. The summed E-state index contributed by atoms with van der Waals surface area (Å²) in [5, 5.41) is 13.3. The van der Waals surface area contributed by atoms with Crippen LogP contribution in [-0.2, 0) is 13.0 Å². The van der Waals surface area contributed by atoms with Crippen molar-refractivity contribution < 1.29 is 4.92 Å². The van der Waals surface area contributed by atoms with Crippen molar-refractivity contribution in [3.05, 3.63) is 54.7 Å². The maximum atomic E-state index is 11.2. The predicted octanol–water partition coefficient (Wildman–Crippen LogP) is 3.98. The average Bonchev–Trinajstić information content (AvgIpc) is 2.85. The first-order chi connectivity index (χ1) is 9.15. The van der Waals surface area contributed by atoms with E-state index in [-0.39, 0.29) is 10.6 Å². The fraction of sp³-hybridized carbons (Fsp3) is 0.231. The highest BCUT2D eigenvalue weighted by Gasteiger charge is 2.24. The van der Waals surface area contributed by atoms with E-state index >= 15 is 0 Å². The number of hydrogen-bond donors (Lipinski definition) is 0. The van der Waals surface area contributed by atoms with E-state index in [0.717, 1.165) is 24.0 Å². The molecule has 0 amide bonds. The quantitative estimate of drug-likeness (QED) is 0.614. The third-order valence-electron chi connectivity index (χ3n) is 3.28. The molecule has 3 rings (SSSR count). The molecule has 0 saturated carbocycles. The molecule has 0 unspecified atom stereocenters. The van der Waals surface area contributed by atoms with Crippen molar-refractivity contribution in [2.45, 2.75) is 13.0 Å². The van der Waals surface area contributed by atoms with E-state index in [4.69, 9.17) is 0 Å². The van der Waals surface area contributed by atoms with Gasteiger partial charge in [-0.15, -0.1) is 11.3 Å². The largest absolute Gasteiger partial charge is 0.361 e. The second-order valence-electron chi connectivity index (χ2n) is 4.43. The van der Waals surface area contributed by atoms with Crippen LogP contribution in [0.4, 0.5) is 11.4 Å². The summed E-state index contributed by atoms with van der Waals surface area (Å²) >= 11 is 5.05. The summed E-state index contributed by atoms with van der Waals surface area (Å²) in [6, 6.07) is 7.35. The summed E-state index contributed by atoms with van der Waals surface area (Å²) in [6.45, 7) is 1.58. The molecule has 1 aliphatic heterocycles. The molecule has 6 heteroatoms.